The van der Waals surface area contributed by atoms with Crippen LogP contribution >= 0.6 is 11.6 Å². The first kappa shape index (κ1) is 11.5. The van der Waals surface area contributed by atoms with E-state index < -0.39 is 6.10 Å². The lowest BCUT2D eigenvalue weighted by Crippen LogP contribution is -2.36. The van der Waals surface area contributed by atoms with E-state index in [-0.39, 0.29) is 12.2 Å². The Hall–Kier alpha value is -0.970. The second kappa shape index (κ2) is 5.39. The number of aromatic nitrogens is 1. The van der Waals surface area contributed by atoms with E-state index in [1.165, 1.54) is 6.20 Å². The summed E-state index contributed by atoms with van der Waals surface area (Å²) >= 11 is 5.92. The molecule has 1 aromatic rings. The number of hydrogen-bond donors (Lipinski definition) is 0. The minimum absolute atomic E-state index is 0.00667. The molecule has 0 radical (unpaired) electrons. The van der Waals surface area contributed by atoms with Gasteiger partial charge in [-0.3, -0.25) is 9.78 Å². The summed E-state index contributed by atoms with van der Waals surface area (Å²) < 4.78 is 10.5. The molecule has 1 aliphatic rings. The number of ether oxygens (including phenoxy) is 2. The molecule has 0 spiro atoms. The molecule has 4 nitrogen and oxygen atoms in total. The number of carbonyl (C=O) groups excluding carboxylic acids is 1. The van der Waals surface area contributed by atoms with Crippen molar-refractivity contribution in [2.24, 2.45) is 0 Å². The third kappa shape index (κ3) is 2.78. The summed E-state index contributed by atoms with van der Waals surface area (Å²) in [4.78, 5) is 15.7. The predicted octanol–water partition coefficient (Wildman–Crippen LogP) is 1.26. The molecule has 0 aromatic carbocycles. The van der Waals surface area contributed by atoms with Crippen LogP contribution in [0.1, 0.15) is 5.56 Å². The fourth-order valence-electron chi connectivity index (χ4n) is 1.52. The van der Waals surface area contributed by atoms with Gasteiger partial charge in [-0.25, -0.2) is 0 Å². The van der Waals surface area contributed by atoms with Gasteiger partial charge in [-0.15, -0.1) is 0 Å². The maximum absolute atomic E-state index is 11.8. The van der Waals surface area contributed by atoms with Crippen molar-refractivity contribution in [3.8, 4) is 0 Å². The van der Waals surface area contributed by atoms with E-state index in [2.05, 4.69) is 4.98 Å². The van der Waals surface area contributed by atoms with Gasteiger partial charge in [-0.1, -0.05) is 11.6 Å². The van der Waals surface area contributed by atoms with Crippen LogP contribution in [0.2, 0.25) is 5.02 Å². The Balaban J connectivity index is 1.99. The van der Waals surface area contributed by atoms with Gasteiger partial charge in [0, 0.05) is 18.8 Å². The van der Waals surface area contributed by atoms with Crippen LogP contribution in [0, 0.1) is 0 Å². The van der Waals surface area contributed by atoms with Gasteiger partial charge in [0.1, 0.15) is 6.10 Å². The summed E-state index contributed by atoms with van der Waals surface area (Å²) in [6, 6.07) is 1.74. The zero-order valence-corrected chi connectivity index (χ0v) is 9.44. The maximum atomic E-state index is 11.8. The van der Waals surface area contributed by atoms with Crippen LogP contribution in [0.4, 0.5) is 0 Å². The minimum Gasteiger partial charge on any atom is -0.376 e. The second-order valence-corrected chi connectivity index (χ2v) is 3.95. The highest BCUT2D eigenvalue weighted by atomic mass is 35.5. The molecular weight excluding hydrogens is 230 g/mol. The number of rotatable bonds is 3. The lowest BCUT2D eigenvalue weighted by molar-refractivity contribution is -0.144. The number of nitrogens with zero attached hydrogens (tertiary/aromatic N) is 1. The number of Topliss-reactive ketones (excluding diaryl/α,β-unsaturated/α-hetero) is 1. The van der Waals surface area contributed by atoms with Gasteiger partial charge in [0.25, 0.3) is 0 Å². The van der Waals surface area contributed by atoms with Crippen molar-refractivity contribution in [2.45, 2.75) is 12.5 Å². The van der Waals surface area contributed by atoms with Gasteiger partial charge < -0.3 is 9.47 Å². The standard InChI is InChI=1S/C11H12ClNO3/c12-9-6-13-2-1-8(9)5-10(14)11-7-15-3-4-16-11/h1-2,6,11H,3-5,7H2. The van der Waals surface area contributed by atoms with Crippen LogP contribution < -0.4 is 0 Å². The fourth-order valence-corrected chi connectivity index (χ4v) is 1.71. The molecule has 86 valence electrons. The summed E-state index contributed by atoms with van der Waals surface area (Å²) in [6.07, 6.45) is 2.95. The fraction of sp³-hybridized carbons (Fsp3) is 0.455. The van der Waals surface area contributed by atoms with Crippen molar-refractivity contribution in [3.05, 3.63) is 29.0 Å². The molecule has 0 amide bonds. The normalized spacial score (nSPS) is 20.7. The van der Waals surface area contributed by atoms with Crippen LogP contribution in [0.3, 0.4) is 0 Å². The summed E-state index contributed by atoms with van der Waals surface area (Å²) in [5.41, 5.74) is 0.774. The van der Waals surface area contributed by atoms with Crippen LogP contribution in [0.15, 0.2) is 18.5 Å². The Morgan fingerprint density at radius 2 is 2.44 bits per heavy atom. The molecule has 2 heterocycles. The Bertz CT molecular complexity index is 377. The van der Waals surface area contributed by atoms with Gasteiger partial charge in [0.2, 0.25) is 0 Å². The van der Waals surface area contributed by atoms with E-state index in [0.29, 0.717) is 24.8 Å². The van der Waals surface area contributed by atoms with E-state index in [1.54, 1.807) is 12.3 Å². The highest BCUT2D eigenvalue weighted by Crippen LogP contribution is 2.15. The van der Waals surface area contributed by atoms with Crippen molar-refractivity contribution in [2.75, 3.05) is 19.8 Å². The molecule has 1 aliphatic heterocycles. The third-order valence-corrected chi connectivity index (χ3v) is 2.74. The van der Waals surface area contributed by atoms with E-state index in [4.69, 9.17) is 21.1 Å². The summed E-state index contributed by atoms with van der Waals surface area (Å²) in [6.45, 7) is 1.36. The van der Waals surface area contributed by atoms with Crippen LogP contribution in [0.25, 0.3) is 0 Å². The van der Waals surface area contributed by atoms with Gasteiger partial charge in [0.05, 0.1) is 24.8 Å². The van der Waals surface area contributed by atoms with Crippen molar-refractivity contribution in [1.82, 2.24) is 4.98 Å². The summed E-state index contributed by atoms with van der Waals surface area (Å²) in [5, 5.41) is 0.507. The summed E-state index contributed by atoms with van der Waals surface area (Å²) in [5.74, 6) is -0.00667. The quantitative estimate of drug-likeness (QED) is 0.800. The van der Waals surface area contributed by atoms with Gasteiger partial charge in [-0.2, -0.15) is 0 Å². The van der Waals surface area contributed by atoms with E-state index >= 15 is 0 Å². The molecular formula is C11H12ClNO3. The lowest BCUT2D eigenvalue weighted by Gasteiger charge is -2.21. The lowest BCUT2D eigenvalue weighted by atomic mass is 10.1. The van der Waals surface area contributed by atoms with E-state index in [1.807, 2.05) is 0 Å². The highest BCUT2D eigenvalue weighted by Gasteiger charge is 2.23. The Labute approximate surface area is 98.5 Å². The van der Waals surface area contributed by atoms with Crippen molar-refractivity contribution >= 4 is 17.4 Å². The molecule has 16 heavy (non-hydrogen) atoms. The zero-order valence-electron chi connectivity index (χ0n) is 8.69. The molecule has 5 heteroatoms. The second-order valence-electron chi connectivity index (χ2n) is 3.54. The van der Waals surface area contributed by atoms with Crippen molar-refractivity contribution in [1.29, 1.82) is 0 Å². The molecule has 0 saturated carbocycles. The van der Waals surface area contributed by atoms with Crippen molar-refractivity contribution < 1.29 is 14.3 Å². The predicted molar refractivity (Wildman–Crippen MR) is 58.5 cm³/mol. The third-order valence-electron chi connectivity index (χ3n) is 2.40. The van der Waals surface area contributed by atoms with Gasteiger partial charge in [-0.05, 0) is 11.6 Å². The molecule has 1 atom stereocenters. The van der Waals surface area contributed by atoms with Crippen LogP contribution in [-0.2, 0) is 20.7 Å². The first-order valence-corrected chi connectivity index (χ1v) is 5.45. The van der Waals surface area contributed by atoms with Crippen LogP contribution in [0.5, 0.6) is 0 Å². The van der Waals surface area contributed by atoms with E-state index in [0.717, 1.165) is 5.56 Å². The number of carbonyl (C=O) groups is 1. The minimum atomic E-state index is -0.460. The molecule has 1 unspecified atom stereocenters. The molecule has 0 bridgehead atoms. The first-order valence-electron chi connectivity index (χ1n) is 5.08. The Morgan fingerprint density at radius 3 is 3.12 bits per heavy atom. The maximum Gasteiger partial charge on any atom is 0.168 e. The molecule has 2 rings (SSSR count). The monoisotopic (exact) mass is 241 g/mol. The average Bonchev–Trinajstić information content (AvgIpc) is 2.33. The van der Waals surface area contributed by atoms with Gasteiger partial charge in [0.15, 0.2) is 5.78 Å². The van der Waals surface area contributed by atoms with Crippen LogP contribution in [-0.4, -0.2) is 36.7 Å². The number of pyridine rings is 1. The molecule has 0 aliphatic carbocycles. The molecule has 0 N–H and O–H groups in total. The average molecular weight is 242 g/mol. The highest BCUT2D eigenvalue weighted by molar-refractivity contribution is 6.31. The first-order chi connectivity index (χ1) is 7.77. The summed E-state index contributed by atoms with van der Waals surface area (Å²) in [7, 11) is 0. The number of halogens is 1. The SMILES string of the molecule is O=C(Cc1ccncc1Cl)C1COCCO1. The smallest absolute Gasteiger partial charge is 0.168 e. The van der Waals surface area contributed by atoms with Crippen molar-refractivity contribution in [3.63, 3.8) is 0 Å². The Kier molecular flexibility index (Phi) is 3.88. The largest absolute Gasteiger partial charge is 0.376 e. The number of hydrogen-bond acceptors (Lipinski definition) is 4. The molecule has 1 aromatic heterocycles. The zero-order chi connectivity index (χ0) is 11.4. The topological polar surface area (TPSA) is 48.4 Å². The molecule has 1 fully saturated rings. The van der Waals surface area contributed by atoms with Gasteiger partial charge >= 0.3 is 0 Å². The van der Waals surface area contributed by atoms with E-state index in [9.17, 15) is 4.79 Å². The Morgan fingerprint density at radius 1 is 1.56 bits per heavy atom. The molecule has 1 saturated heterocycles. The number of ketones is 1.